The summed E-state index contributed by atoms with van der Waals surface area (Å²) < 4.78 is 10.5. The number of anilines is 2. The van der Waals surface area contributed by atoms with Gasteiger partial charge in [0.15, 0.2) is 6.61 Å². The van der Waals surface area contributed by atoms with Crippen LogP contribution in [0.5, 0.6) is 5.75 Å². The molecule has 2 aromatic carbocycles. The second kappa shape index (κ2) is 11.4. The molecular formula is C22H24N2O6. The normalized spacial score (nSPS) is 10.1. The number of carbonyl (C=O) groups is 4. The van der Waals surface area contributed by atoms with E-state index in [4.69, 9.17) is 9.47 Å². The Morgan fingerprint density at radius 2 is 1.60 bits per heavy atom. The fourth-order valence-corrected chi connectivity index (χ4v) is 2.58. The number of ketones is 1. The van der Waals surface area contributed by atoms with Crippen molar-refractivity contribution in [2.45, 2.75) is 26.7 Å². The van der Waals surface area contributed by atoms with Gasteiger partial charge in [-0.05, 0) is 36.8 Å². The van der Waals surface area contributed by atoms with E-state index in [-0.39, 0.29) is 29.5 Å². The topological polar surface area (TPSA) is 111 Å². The minimum atomic E-state index is -0.518. The molecule has 0 aliphatic carbocycles. The van der Waals surface area contributed by atoms with Gasteiger partial charge >= 0.3 is 5.97 Å². The van der Waals surface area contributed by atoms with Crippen LogP contribution in [0.1, 0.15) is 37.0 Å². The number of hydrogen-bond donors (Lipinski definition) is 2. The summed E-state index contributed by atoms with van der Waals surface area (Å²) >= 11 is 0. The van der Waals surface area contributed by atoms with Gasteiger partial charge in [0.1, 0.15) is 5.75 Å². The van der Waals surface area contributed by atoms with Crippen molar-refractivity contribution in [2.24, 2.45) is 0 Å². The Kier molecular flexibility index (Phi) is 8.56. The molecule has 2 N–H and O–H groups in total. The zero-order valence-corrected chi connectivity index (χ0v) is 16.9. The van der Waals surface area contributed by atoms with E-state index in [1.807, 2.05) is 30.3 Å². The monoisotopic (exact) mass is 412 g/mol. The molecule has 0 unspecified atom stereocenters. The van der Waals surface area contributed by atoms with Crippen molar-refractivity contribution in [3.05, 3.63) is 54.1 Å². The Morgan fingerprint density at radius 3 is 2.27 bits per heavy atom. The van der Waals surface area contributed by atoms with Crippen LogP contribution in [0, 0.1) is 0 Å². The first-order valence-electron chi connectivity index (χ1n) is 9.41. The van der Waals surface area contributed by atoms with E-state index in [0.29, 0.717) is 24.5 Å². The lowest BCUT2D eigenvalue weighted by Crippen LogP contribution is -2.18. The summed E-state index contributed by atoms with van der Waals surface area (Å²) in [7, 11) is 0. The zero-order chi connectivity index (χ0) is 21.9. The second-order valence-corrected chi connectivity index (χ2v) is 6.47. The van der Waals surface area contributed by atoms with Crippen molar-refractivity contribution < 1.29 is 28.7 Å². The average molecular weight is 412 g/mol. The maximum Gasteiger partial charge on any atom is 0.306 e. The lowest BCUT2D eigenvalue weighted by Gasteiger charge is -2.12. The number of Topliss-reactive ketones (excluding diaryl/α,β-unsaturated/α-hetero) is 1. The molecule has 0 atom stereocenters. The fraction of sp³-hybridized carbons (Fsp3) is 0.273. The van der Waals surface area contributed by atoms with Gasteiger partial charge in [-0.25, -0.2) is 0 Å². The molecule has 0 heterocycles. The fourth-order valence-electron chi connectivity index (χ4n) is 2.58. The van der Waals surface area contributed by atoms with Crippen LogP contribution in [0.4, 0.5) is 11.4 Å². The van der Waals surface area contributed by atoms with Crippen LogP contribution in [0.3, 0.4) is 0 Å². The van der Waals surface area contributed by atoms with E-state index in [0.717, 1.165) is 0 Å². The third kappa shape index (κ3) is 7.75. The zero-order valence-electron chi connectivity index (χ0n) is 16.9. The first-order chi connectivity index (χ1) is 14.3. The molecule has 2 rings (SSSR count). The molecule has 0 aromatic heterocycles. The Hall–Kier alpha value is -3.68. The minimum Gasteiger partial charge on any atom is -0.494 e. The van der Waals surface area contributed by atoms with Gasteiger partial charge in [0.05, 0.1) is 12.3 Å². The summed E-state index contributed by atoms with van der Waals surface area (Å²) in [4.78, 5) is 47.0. The molecule has 0 saturated carbocycles. The molecule has 0 radical (unpaired) electrons. The molecule has 0 aliphatic heterocycles. The molecule has 2 aromatic rings. The maximum atomic E-state index is 12.5. The predicted molar refractivity (Wildman–Crippen MR) is 112 cm³/mol. The number of esters is 1. The van der Waals surface area contributed by atoms with Crippen LogP contribution in [0.25, 0.3) is 0 Å². The molecular weight excluding hydrogens is 388 g/mol. The smallest absolute Gasteiger partial charge is 0.306 e. The summed E-state index contributed by atoms with van der Waals surface area (Å²) in [5.74, 6) is -0.931. The third-order valence-electron chi connectivity index (χ3n) is 3.85. The van der Waals surface area contributed by atoms with E-state index in [1.54, 1.807) is 0 Å². The van der Waals surface area contributed by atoms with Crippen LogP contribution >= 0.6 is 0 Å². The number of hydrogen-bond acceptors (Lipinski definition) is 6. The summed E-state index contributed by atoms with van der Waals surface area (Å²) in [5.41, 5.74) is 0.837. The molecule has 0 bridgehead atoms. The van der Waals surface area contributed by atoms with Crippen LogP contribution < -0.4 is 15.4 Å². The van der Waals surface area contributed by atoms with Gasteiger partial charge in [-0.1, -0.05) is 18.2 Å². The molecule has 0 aliphatic rings. The third-order valence-corrected chi connectivity index (χ3v) is 3.85. The molecule has 0 saturated heterocycles. The first kappa shape index (κ1) is 22.6. The predicted octanol–water partition coefficient (Wildman–Crippen LogP) is 3.19. The molecule has 8 nitrogen and oxygen atoms in total. The number of amides is 2. The highest BCUT2D eigenvalue weighted by Gasteiger charge is 2.16. The number of rotatable bonds is 10. The largest absolute Gasteiger partial charge is 0.494 e. The number of benzene rings is 2. The number of ether oxygens (including phenoxy) is 2. The van der Waals surface area contributed by atoms with E-state index in [2.05, 4.69) is 10.6 Å². The van der Waals surface area contributed by atoms with Gasteiger partial charge in [-0.15, -0.1) is 0 Å². The van der Waals surface area contributed by atoms with Crippen molar-refractivity contribution in [1.29, 1.82) is 0 Å². The molecule has 2 amide bonds. The van der Waals surface area contributed by atoms with Gasteiger partial charge in [-0.2, -0.15) is 0 Å². The van der Waals surface area contributed by atoms with E-state index < -0.39 is 18.4 Å². The maximum absolute atomic E-state index is 12.5. The van der Waals surface area contributed by atoms with Crippen LogP contribution in [-0.4, -0.2) is 36.8 Å². The standard InChI is InChI=1S/C22H24N2O6/c1-15(25)23-17-10-11-19(20(13-17)24-16(2)26)21(27)14-30-22(28)9-6-12-29-18-7-4-3-5-8-18/h3-5,7-8,10-11,13H,6,9,12,14H2,1-2H3,(H,23,25)(H,24,26). The van der Waals surface area contributed by atoms with E-state index in [1.165, 1.54) is 32.0 Å². The number of para-hydroxylation sites is 1. The lowest BCUT2D eigenvalue weighted by molar-refractivity contribution is -0.142. The highest BCUT2D eigenvalue weighted by molar-refractivity contribution is 6.06. The summed E-state index contributed by atoms with van der Waals surface area (Å²) in [6.45, 7) is 2.55. The van der Waals surface area contributed by atoms with Gasteiger partial charge in [0, 0.05) is 31.5 Å². The van der Waals surface area contributed by atoms with Crippen LogP contribution in [-0.2, 0) is 19.1 Å². The first-order valence-corrected chi connectivity index (χ1v) is 9.41. The quantitative estimate of drug-likeness (QED) is 0.352. The number of carbonyl (C=O) groups excluding carboxylic acids is 4. The Labute approximate surface area is 174 Å². The van der Waals surface area contributed by atoms with Crippen molar-refractivity contribution in [1.82, 2.24) is 0 Å². The Balaban J connectivity index is 1.85. The molecule has 158 valence electrons. The second-order valence-electron chi connectivity index (χ2n) is 6.47. The van der Waals surface area contributed by atoms with Gasteiger partial charge in [0.25, 0.3) is 0 Å². The summed E-state index contributed by atoms with van der Waals surface area (Å²) in [6.07, 6.45) is 0.560. The number of nitrogens with one attached hydrogen (secondary N) is 2. The van der Waals surface area contributed by atoms with Crippen molar-refractivity contribution in [3.8, 4) is 5.75 Å². The summed E-state index contributed by atoms with van der Waals surface area (Å²) in [5, 5.41) is 5.12. The van der Waals surface area contributed by atoms with E-state index in [9.17, 15) is 19.2 Å². The van der Waals surface area contributed by atoms with E-state index >= 15 is 0 Å². The average Bonchev–Trinajstić information content (AvgIpc) is 2.69. The van der Waals surface area contributed by atoms with Crippen molar-refractivity contribution in [3.63, 3.8) is 0 Å². The van der Waals surface area contributed by atoms with Crippen molar-refractivity contribution >= 4 is 34.9 Å². The summed E-state index contributed by atoms with van der Waals surface area (Å²) in [6, 6.07) is 13.7. The van der Waals surface area contributed by atoms with Gasteiger partial charge < -0.3 is 20.1 Å². The van der Waals surface area contributed by atoms with Crippen LogP contribution in [0.2, 0.25) is 0 Å². The SMILES string of the molecule is CC(=O)Nc1ccc(C(=O)COC(=O)CCCOc2ccccc2)c(NC(C)=O)c1. The van der Waals surface area contributed by atoms with Crippen molar-refractivity contribution in [2.75, 3.05) is 23.8 Å². The highest BCUT2D eigenvalue weighted by Crippen LogP contribution is 2.22. The van der Waals surface area contributed by atoms with Gasteiger partial charge in [-0.3, -0.25) is 19.2 Å². The lowest BCUT2D eigenvalue weighted by atomic mass is 10.1. The molecule has 0 fully saturated rings. The molecule has 0 spiro atoms. The molecule has 8 heteroatoms. The van der Waals surface area contributed by atoms with Gasteiger partial charge in [0.2, 0.25) is 17.6 Å². The van der Waals surface area contributed by atoms with Crippen LogP contribution in [0.15, 0.2) is 48.5 Å². The Bertz CT molecular complexity index is 911. The molecule has 30 heavy (non-hydrogen) atoms. The highest BCUT2D eigenvalue weighted by atomic mass is 16.5. The Morgan fingerprint density at radius 1 is 0.900 bits per heavy atom. The minimum absolute atomic E-state index is 0.111.